The molecule has 1 aromatic rings. The Hall–Kier alpha value is -1.71. The Kier molecular flexibility index (Phi) is 4.51. The van der Waals surface area contributed by atoms with Crippen molar-refractivity contribution in [2.45, 2.75) is 31.7 Å². The minimum Gasteiger partial charge on any atom is -0.367 e. The van der Waals surface area contributed by atoms with Gasteiger partial charge < -0.3 is 4.74 Å². The molecule has 1 saturated heterocycles. The lowest BCUT2D eigenvalue weighted by Gasteiger charge is -2.23. The van der Waals surface area contributed by atoms with Crippen LogP contribution in [0.5, 0.6) is 0 Å². The number of halogens is 3. The maximum atomic E-state index is 14.2. The molecule has 2 aliphatic rings. The van der Waals surface area contributed by atoms with Crippen molar-refractivity contribution >= 4 is 17.3 Å². The molecule has 4 nitrogen and oxygen atoms in total. The topological polar surface area (TPSA) is 48.6 Å². The number of rotatable bonds is 4. The van der Waals surface area contributed by atoms with Crippen molar-refractivity contribution in [2.75, 3.05) is 19.8 Å². The number of alkyl halides is 2. The fourth-order valence-electron chi connectivity index (χ4n) is 3.19. The van der Waals surface area contributed by atoms with E-state index >= 15 is 0 Å². The monoisotopic (exact) mass is 339 g/mol. The highest BCUT2D eigenvalue weighted by Gasteiger charge is 2.47. The first-order valence-corrected chi connectivity index (χ1v) is 7.82. The lowest BCUT2D eigenvalue weighted by molar-refractivity contribution is 0.0305. The third-order valence-corrected chi connectivity index (χ3v) is 4.81. The van der Waals surface area contributed by atoms with Gasteiger partial charge in [-0.1, -0.05) is 17.7 Å². The molecule has 3 atom stereocenters. The quantitative estimate of drug-likeness (QED) is 0.847. The van der Waals surface area contributed by atoms with Gasteiger partial charge in [-0.15, -0.1) is 0 Å². The van der Waals surface area contributed by atoms with E-state index in [9.17, 15) is 8.78 Å². The molecule has 7 heteroatoms. The van der Waals surface area contributed by atoms with E-state index in [1.807, 2.05) is 6.07 Å². The second-order valence-electron chi connectivity index (χ2n) is 5.64. The third kappa shape index (κ3) is 2.68. The van der Waals surface area contributed by atoms with Gasteiger partial charge in [0.1, 0.15) is 31.1 Å². The molecule has 0 N–H and O–H groups in total. The standard InChI is InChI=1S/C16H16ClF2N3O/c1-9-11(3-2-10(8-20)13(9)17)14-16(23-7-5-18)15-12(19)4-6-22(15)21-14/h2-3,12,15-16H,4-7H2,1H3/t12-,15-,16+/m0/s1. The first-order chi connectivity index (χ1) is 11.1. The van der Waals surface area contributed by atoms with Crippen LogP contribution in [0.1, 0.15) is 23.1 Å². The number of hydrazone groups is 1. The lowest BCUT2D eigenvalue weighted by Crippen LogP contribution is -2.41. The van der Waals surface area contributed by atoms with E-state index in [1.165, 1.54) is 0 Å². The van der Waals surface area contributed by atoms with Gasteiger partial charge in [0.2, 0.25) is 0 Å². The first-order valence-electron chi connectivity index (χ1n) is 7.44. The fraction of sp³-hybridized carbons (Fsp3) is 0.500. The summed E-state index contributed by atoms with van der Waals surface area (Å²) in [6.45, 7) is 1.54. The van der Waals surface area contributed by atoms with Crippen LogP contribution in [-0.2, 0) is 4.74 Å². The molecule has 0 aliphatic carbocycles. The predicted molar refractivity (Wildman–Crippen MR) is 83.2 cm³/mol. The van der Waals surface area contributed by atoms with Crippen molar-refractivity contribution in [3.05, 3.63) is 33.8 Å². The summed E-state index contributed by atoms with van der Waals surface area (Å²) < 4.78 is 32.3. The number of ether oxygens (including phenoxy) is 1. The summed E-state index contributed by atoms with van der Waals surface area (Å²) in [5.41, 5.74) is 2.32. The molecule has 122 valence electrons. The summed E-state index contributed by atoms with van der Waals surface area (Å²) >= 11 is 6.21. The van der Waals surface area contributed by atoms with E-state index < -0.39 is 25.0 Å². The molecule has 1 aromatic carbocycles. The molecule has 0 saturated carbocycles. The Balaban J connectivity index is 2.00. The second-order valence-corrected chi connectivity index (χ2v) is 6.01. The summed E-state index contributed by atoms with van der Waals surface area (Å²) in [5, 5.41) is 15.6. The largest absolute Gasteiger partial charge is 0.367 e. The predicted octanol–water partition coefficient (Wildman–Crippen LogP) is 3.00. The van der Waals surface area contributed by atoms with E-state index in [2.05, 4.69) is 5.10 Å². The molecule has 0 unspecified atom stereocenters. The highest BCUT2D eigenvalue weighted by molar-refractivity contribution is 6.33. The van der Waals surface area contributed by atoms with Crippen LogP contribution in [0.25, 0.3) is 0 Å². The van der Waals surface area contributed by atoms with Crippen LogP contribution in [0.3, 0.4) is 0 Å². The van der Waals surface area contributed by atoms with Crippen LogP contribution in [0.2, 0.25) is 5.02 Å². The molecule has 3 rings (SSSR count). The normalized spacial score (nSPS) is 26.1. The zero-order valence-electron chi connectivity index (χ0n) is 12.6. The van der Waals surface area contributed by atoms with Gasteiger partial charge in [-0.3, -0.25) is 5.01 Å². The maximum absolute atomic E-state index is 14.2. The molecule has 2 aliphatic heterocycles. The van der Waals surface area contributed by atoms with Crippen LogP contribution in [0, 0.1) is 18.3 Å². The van der Waals surface area contributed by atoms with Gasteiger partial charge in [0.15, 0.2) is 0 Å². The Labute approximate surface area is 138 Å². The van der Waals surface area contributed by atoms with Gasteiger partial charge in [-0.05, 0) is 25.0 Å². The van der Waals surface area contributed by atoms with Gasteiger partial charge in [0, 0.05) is 12.1 Å². The van der Waals surface area contributed by atoms with Crippen LogP contribution >= 0.6 is 11.6 Å². The SMILES string of the molecule is Cc1c(C2=NN3CC[C@H](F)[C@H]3[C@@H]2OCCF)ccc(C#N)c1Cl. The fourth-order valence-corrected chi connectivity index (χ4v) is 3.39. The summed E-state index contributed by atoms with van der Waals surface area (Å²) in [5.74, 6) is 0. The Morgan fingerprint density at radius 1 is 1.52 bits per heavy atom. The molecule has 0 radical (unpaired) electrons. The van der Waals surface area contributed by atoms with Crippen LogP contribution < -0.4 is 0 Å². The average molecular weight is 340 g/mol. The van der Waals surface area contributed by atoms with Crippen molar-refractivity contribution in [1.29, 1.82) is 5.26 Å². The summed E-state index contributed by atoms with van der Waals surface area (Å²) in [7, 11) is 0. The highest BCUT2D eigenvalue weighted by atomic mass is 35.5. The van der Waals surface area contributed by atoms with Crippen molar-refractivity contribution in [3.63, 3.8) is 0 Å². The van der Waals surface area contributed by atoms with Gasteiger partial charge in [0.25, 0.3) is 0 Å². The molecule has 0 bridgehead atoms. The van der Waals surface area contributed by atoms with Gasteiger partial charge in [-0.25, -0.2) is 8.78 Å². The van der Waals surface area contributed by atoms with Crippen LogP contribution in [-0.4, -0.2) is 48.9 Å². The molecular weight excluding hydrogens is 324 g/mol. The molecule has 23 heavy (non-hydrogen) atoms. The summed E-state index contributed by atoms with van der Waals surface area (Å²) in [4.78, 5) is 0. The zero-order chi connectivity index (χ0) is 16.6. The number of hydrogen-bond acceptors (Lipinski definition) is 4. The minimum absolute atomic E-state index is 0.107. The Morgan fingerprint density at radius 3 is 3.00 bits per heavy atom. The number of benzene rings is 1. The number of hydrogen-bond donors (Lipinski definition) is 0. The van der Waals surface area contributed by atoms with E-state index in [0.29, 0.717) is 40.4 Å². The van der Waals surface area contributed by atoms with Crippen LogP contribution in [0.15, 0.2) is 17.2 Å². The van der Waals surface area contributed by atoms with Crippen LogP contribution in [0.4, 0.5) is 8.78 Å². The number of nitriles is 1. The van der Waals surface area contributed by atoms with Crippen molar-refractivity contribution in [2.24, 2.45) is 5.10 Å². The van der Waals surface area contributed by atoms with Crippen molar-refractivity contribution in [3.8, 4) is 6.07 Å². The average Bonchev–Trinajstić information content (AvgIpc) is 3.08. The Morgan fingerprint density at radius 2 is 2.30 bits per heavy atom. The molecular formula is C16H16ClF2N3O. The van der Waals surface area contributed by atoms with E-state index in [1.54, 1.807) is 24.1 Å². The number of fused-ring (bicyclic) bond motifs is 1. The second kappa shape index (κ2) is 6.42. The first kappa shape index (κ1) is 16.2. The maximum Gasteiger partial charge on any atom is 0.127 e. The van der Waals surface area contributed by atoms with E-state index in [4.69, 9.17) is 21.6 Å². The van der Waals surface area contributed by atoms with Crippen molar-refractivity contribution in [1.82, 2.24) is 5.01 Å². The van der Waals surface area contributed by atoms with E-state index in [-0.39, 0.29) is 6.61 Å². The van der Waals surface area contributed by atoms with Crippen molar-refractivity contribution < 1.29 is 13.5 Å². The Bertz CT molecular complexity index is 689. The minimum atomic E-state index is -1.06. The van der Waals surface area contributed by atoms with Gasteiger partial charge in [-0.2, -0.15) is 10.4 Å². The molecule has 0 aromatic heterocycles. The molecule has 0 spiro atoms. The summed E-state index contributed by atoms with van der Waals surface area (Å²) in [6.07, 6.45) is -1.30. The smallest absolute Gasteiger partial charge is 0.127 e. The lowest BCUT2D eigenvalue weighted by atomic mass is 9.94. The van der Waals surface area contributed by atoms with E-state index in [0.717, 1.165) is 0 Å². The summed E-state index contributed by atoms with van der Waals surface area (Å²) in [6, 6.07) is 4.84. The molecule has 0 amide bonds. The zero-order valence-corrected chi connectivity index (χ0v) is 13.4. The third-order valence-electron chi connectivity index (χ3n) is 4.32. The number of nitrogens with zero attached hydrogens (tertiary/aromatic N) is 3. The highest BCUT2D eigenvalue weighted by Crippen LogP contribution is 2.35. The van der Waals surface area contributed by atoms with Gasteiger partial charge in [0.05, 0.1) is 22.9 Å². The molecule has 1 fully saturated rings. The molecule has 2 heterocycles. The van der Waals surface area contributed by atoms with Gasteiger partial charge >= 0.3 is 0 Å².